The second kappa shape index (κ2) is 6.02. The zero-order chi connectivity index (χ0) is 10.7. The molecule has 0 spiro atoms. The number of hydrogen-bond acceptors (Lipinski definition) is 1. The molecule has 0 nitrogen and oxygen atoms in total. The fraction of sp³-hybridized carbons (Fsp3) is 1.00. The van der Waals surface area contributed by atoms with Gasteiger partial charge in [0, 0.05) is 21.3 Å². The lowest BCUT2D eigenvalue weighted by Crippen LogP contribution is -2.30. The summed E-state index contributed by atoms with van der Waals surface area (Å²) in [6.45, 7) is 0. The van der Waals surface area contributed by atoms with Crippen molar-refractivity contribution in [1.29, 1.82) is 0 Å². The van der Waals surface area contributed by atoms with Crippen LogP contribution in [0.2, 0.25) is 0 Å². The molecule has 0 amide bonds. The van der Waals surface area contributed by atoms with Crippen molar-refractivity contribution in [3.63, 3.8) is 0 Å². The van der Waals surface area contributed by atoms with Gasteiger partial charge < -0.3 is 0 Å². The molecule has 0 saturated heterocycles. The van der Waals surface area contributed by atoms with Gasteiger partial charge in [0.05, 0.1) is 0 Å². The molecule has 4 atom stereocenters. The van der Waals surface area contributed by atoms with E-state index in [1.165, 1.54) is 51.4 Å². The Morgan fingerprint density at radius 1 is 0.667 bits per heavy atom. The van der Waals surface area contributed by atoms with Crippen LogP contribution >= 0.6 is 35.0 Å². The molecule has 0 bridgehead atoms. The van der Waals surface area contributed by atoms with E-state index in [-0.39, 0.29) is 0 Å². The van der Waals surface area contributed by atoms with Gasteiger partial charge in [-0.2, -0.15) is 11.8 Å². The Kier molecular flexibility index (Phi) is 4.98. The summed E-state index contributed by atoms with van der Waals surface area (Å²) in [7, 11) is 0. The van der Waals surface area contributed by atoms with Gasteiger partial charge in [0.1, 0.15) is 0 Å². The Morgan fingerprint density at radius 3 is 1.47 bits per heavy atom. The normalized spacial score (nSPS) is 42.8. The summed E-state index contributed by atoms with van der Waals surface area (Å²) in [6, 6.07) is 0. The third-order valence-corrected chi connectivity index (χ3v) is 6.76. The van der Waals surface area contributed by atoms with Gasteiger partial charge in [-0.25, -0.2) is 0 Å². The van der Waals surface area contributed by atoms with Crippen molar-refractivity contribution in [3.8, 4) is 0 Å². The van der Waals surface area contributed by atoms with Gasteiger partial charge in [0.2, 0.25) is 0 Å². The molecular weight excluding hydrogens is 247 g/mol. The maximum Gasteiger partial charge on any atom is 0.0454 e. The first-order valence-corrected chi connectivity index (χ1v) is 8.02. The molecule has 2 rings (SSSR count). The molecule has 2 fully saturated rings. The predicted octanol–water partition coefficient (Wildman–Crippen LogP) is 4.82. The summed E-state index contributed by atoms with van der Waals surface area (Å²) in [5, 5.41) is 2.14. The summed E-state index contributed by atoms with van der Waals surface area (Å²) in [5.41, 5.74) is 0. The van der Waals surface area contributed by atoms with Crippen molar-refractivity contribution in [2.24, 2.45) is 0 Å². The van der Waals surface area contributed by atoms with Crippen molar-refractivity contribution in [1.82, 2.24) is 0 Å². The third-order valence-electron chi connectivity index (χ3n) is 3.59. The maximum absolute atomic E-state index is 6.39. The number of thioether (sulfide) groups is 1. The molecule has 0 aliphatic heterocycles. The molecule has 2 aliphatic rings. The van der Waals surface area contributed by atoms with Crippen LogP contribution in [0.4, 0.5) is 0 Å². The van der Waals surface area contributed by atoms with Gasteiger partial charge in [0.25, 0.3) is 0 Å². The van der Waals surface area contributed by atoms with Crippen LogP contribution in [-0.2, 0) is 0 Å². The van der Waals surface area contributed by atoms with Crippen molar-refractivity contribution in [2.45, 2.75) is 72.6 Å². The first-order chi connectivity index (χ1) is 7.27. The highest BCUT2D eigenvalue weighted by molar-refractivity contribution is 8.00. The lowest BCUT2D eigenvalue weighted by molar-refractivity contribution is 0.502. The van der Waals surface area contributed by atoms with Gasteiger partial charge in [0.15, 0.2) is 0 Å². The minimum Gasteiger partial charge on any atom is -0.152 e. The van der Waals surface area contributed by atoms with Gasteiger partial charge in [-0.15, -0.1) is 23.2 Å². The summed E-state index contributed by atoms with van der Waals surface area (Å²) < 4.78 is 0. The topological polar surface area (TPSA) is 0 Å². The van der Waals surface area contributed by atoms with Crippen molar-refractivity contribution in [3.05, 3.63) is 0 Å². The molecule has 4 unspecified atom stereocenters. The van der Waals surface area contributed by atoms with Crippen LogP contribution in [-0.4, -0.2) is 21.3 Å². The van der Waals surface area contributed by atoms with E-state index in [1.807, 2.05) is 0 Å². The molecular formula is C12H20Cl2S. The molecule has 0 radical (unpaired) electrons. The van der Waals surface area contributed by atoms with Crippen molar-refractivity contribution >= 4 is 35.0 Å². The average molecular weight is 267 g/mol. The van der Waals surface area contributed by atoms with Crippen molar-refractivity contribution in [2.75, 3.05) is 0 Å². The zero-order valence-corrected chi connectivity index (χ0v) is 11.5. The van der Waals surface area contributed by atoms with Crippen LogP contribution in [0.5, 0.6) is 0 Å². The standard InChI is InChI=1S/C12H20Cl2S/c13-9-5-1-3-7-11(9)15-12-8-4-2-6-10(12)14/h9-12H,1-8H2. The van der Waals surface area contributed by atoms with E-state index >= 15 is 0 Å². The van der Waals surface area contributed by atoms with E-state index < -0.39 is 0 Å². The highest BCUT2D eigenvalue weighted by Gasteiger charge is 2.30. The number of alkyl halides is 2. The van der Waals surface area contributed by atoms with Crippen LogP contribution in [0, 0.1) is 0 Å². The van der Waals surface area contributed by atoms with Gasteiger partial charge >= 0.3 is 0 Å². The Labute approximate surface area is 107 Å². The largest absolute Gasteiger partial charge is 0.152 e. The monoisotopic (exact) mass is 266 g/mol. The first kappa shape index (κ1) is 12.4. The second-order valence-corrected chi connectivity index (χ2v) is 7.42. The third kappa shape index (κ3) is 3.44. The Balaban J connectivity index is 1.83. The molecule has 3 heteroatoms. The Hall–Kier alpha value is 0.930. The highest BCUT2D eigenvalue weighted by atomic mass is 35.5. The summed E-state index contributed by atoms with van der Waals surface area (Å²) in [5.74, 6) is 0. The number of halogens is 2. The van der Waals surface area contributed by atoms with E-state index in [0.717, 1.165) is 0 Å². The first-order valence-electron chi connectivity index (χ1n) is 6.21. The van der Waals surface area contributed by atoms with Crippen LogP contribution < -0.4 is 0 Å². The average Bonchev–Trinajstić information content (AvgIpc) is 2.24. The minimum atomic E-state index is 0.398. The lowest BCUT2D eigenvalue weighted by Gasteiger charge is -2.33. The quantitative estimate of drug-likeness (QED) is 0.646. The van der Waals surface area contributed by atoms with Gasteiger partial charge in [-0.05, 0) is 25.7 Å². The fourth-order valence-electron chi connectivity index (χ4n) is 2.63. The molecule has 15 heavy (non-hydrogen) atoms. The smallest absolute Gasteiger partial charge is 0.0454 e. The predicted molar refractivity (Wildman–Crippen MR) is 71.4 cm³/mol. The molecule has 0 N–H and O–H groups in total. The number of hydrogen-bond donors (Lipinski definition) is 0. The summed E-state index contributed by atoms with van der Waals surface area (Å²) >= 11 is 14.9. The maximum atomic E-state index is 6.39. The Morgan fingerprint density at radius 2 is 1.07 bits per heavy atom. The molecule has 0 aromatic carbocycles. The zero-order valence-electron chi connectivity index (χ0n) is 9.13. The summed E-state index contributed by atoms with van der Waals surface area (Å²) in [6.07, 6.45) is 10.4. The van der Waals surface area contributed by atoms with Crippen LogP contribution in [0.1, 0.15) is 51.4 Å². The van der Waals surface area contributed by atoms with E-state index in [9.17, 15) is 0 Å². The van der Waals surface area contributed by atoms with Crippen LogP contribution in [0.3, 0.4) is 0 Å². The molecule has 0 heterocycles. The van der Waals surface area contributed by atoms with Gasteiger partial charge in [-0.3, -0.25) is 0 Å². The molecule has 0 aromatic rings. The SMILES string of the molecule is ClC1CCCCC1SC1CCCCC1Cl. The molecule has 2 saturated carbocycles. The van der Waals surface area contributed by atoms with Crippen molar-refractivity contribution < 1.29 is 0 Å². The van der Waals surface area contributed by atoms with Crippen LogP contribution in [0.15, 0.2) is 0 Å². The summed E-state index contributed by atoms with van der Waals surface area (Å²) in [4.78, 5) is 0. The van der Waals surface area contributed by atoms with E-state index in [4.69, 9.17) is 23.2 Å². The second-order valence-electron chi connectivity index (χ2n) is 4.81. The van der Waals surface area contributed by atoms with E-state index in [1.54, 1.807) is 0 Å². The molecule has 2 aliphatic carbocycles. The Bertz CT molecular complexity index is 178. The molecule has 88 valence electrons. The lowest BCUT2D eigenvalue weighted by atomic mass is 9.99. The van der Waals surface area contributed by atoms with Gasteiger partial charge in [-0.1, -0.05) is 25.7 Å². The minimum absolute atomic E-state index is 0.398. The van der Waals surface area contributed by atoms with E-state index in [0.29, 0.717) is 21.3 Å². The number of rotatable bonds is 2. The highest BCUT2D eigenvalue weighted by Crippen LogP contribution is 2.40. The van der Waals surface area contributed by atoms with E-state index in [2.05, 4.69) is 11.8 Å². The van der Waals surface area contributed by atoms with Crippen LogP contribution in [0.25, 0.3) is 0 Å². The fourth-order valence-corrected chi connectivity index (χ4v) is 5.22. The molecule has 0 aromatic heterocycles.